The number of fused-ring (bicyclic) bond motifs is 2. The van der Waals surface area contributed by atoms with Crippen LogP contribution in [0.4, 0.5) is 0 Å². The molecule has 2 aromatic rings. The van der Waals surface area contributed by atoms with Crippen LogP contribution in [0, 0.1) is 5.92 Å². The first kappa shape index (κ1) is 9.66. The summed E-state index contributed by atoms with van der Waals surface area (Å²) in [4.78, 5) is 4.53. The molecule has 88 valence electrons. The fourth-order valence-electron chi connectivity index (χ4n) is 3.23. The lowest BCUT2D eigenvalue weighted by Crippen LogP contribution is -2.19. The first-order valence-electron chi connectivity index (χ1n) is 6.42. The van der Waals surface area contributed by atoms with Gasteiger partial charge in [0.2, 0.25) is 0 Å². The molecule has 3 nitrogen and oxygen atoms in total. The standard InChI is InChI=1S/C14H16N2O/c1-2-13-16-11-5-9(3-4-12(11)17-13)14-6-10(14)7-15-8-14/h3-5,10,15H,2,6-8H2,1H3/t10-,14+/m0/s1. The summed E-state index contributed by atoms with van der Waals surface area (Å²) in [5.74, 6) is 1.68. The van der Waals surface area contributed by atoms with Gasteiger partial charge >= 0.3 is 0 Å². The third kappa shape index (κ3) is 1.23. The average Bonchev–Trinajstić information content (AvgIpc) is 2.77. The Hall–Kier alpha value is -1.35. The van der Waals surface area contributed by atoms with Gasteiger partial charge in [0, 0.05) is 18.4 Å². The number of nitrogens with zero attached hydrogens (tertiary/aromatic N) is 1. The van der Waals surface area contributed by atoms with E-state index in [2.05, 4.69) is 35.4 Å². The molecule has 0 spiro atoms. The fraction of sp³-hybridized carbons (Fsp3) is 0.500. The number of hydrogen-bond donors (Lipinski definition) is 1. The van der Waals surface area contributed by atoms with Crippen molar-refractivity contribution < 1.29 is 4.42 Å². The SMILES string of the molecule is CCc1nc2cc([C@@]34CNC[C@@H]3C4)ccc2o1. The van der Waals surface area contributed by atoms with Crippen LogP contribution < -0.4 is 5.32 Å². The van der Waals surface area contributed by atoms with E-state index in [0.717, 1.165) is 35.9 Å². The Balaban J connectivity index is 1.82. The Kier molecular flexibility index (Phi) is 1.76. The van der Waals surface area contributed by atoms with Gasteiger partial charge in [0.1, 0.15) is 5.52 Å². The topological polar surface area (TPSA) is 38.1 Å². The molecular formula is C14H16N2O. The minimum absolute atomic E-state index is 0.416. The van der Waals surface area contributed by atoms with Gasteiger partial charge in [-0.1, -0.05) is 13.0 Å². The summed E-state index contributed by atoms with van der Waals surface area (Å²) in [5.41, 5.74) is 3.80. The van der Waals surface area contributed by atoms with Crippen molar-refractivity contribution in [1.82, 2.24) is 10.3 Å². The first-order chi connectivity index (χ1) is 8.32. The summed E-state index contributed by atoms with van der Waals surface area (Å²) in [5, 5.41) is 3.48. The third-order valence-electron chi connectivity index (χ3n) is 4.37. The van der Waals surface area contributed by atoms with E-state index in [1.54, 1.807) is 0 Å². The van der Waals surface area contributed by atoms with Crippen molar-refractivity contribution in [3.8, 4) is 0 Å². The fourth-order valence-corrected chi connectivity index (χ4v) is 3.23. The molecule has 0 amide bonds. The molecule has 1 saturated carbocycles. The van der Waals surface area contributed by atoms with E-state index in [1.165, 1.54) is 18.5 Å². The molecule has 0 unspecified atom stereocenters. The molecular weight excluding hydrogens is 212 g/mol. The summed E-state index contributed by atoms with van der Waals surface area (Å²) in [6.07, 6.45) is 2.20. The van der Waals surface area contributed by atoms with Crippen LogP contribution in [0.15, 0.2) is 22.6 Å². The summed E-state index contributed by atoms with van der Waals surface area (Å²) in [6, 6.07) is 6.53. The summed E-state index contributed by atoms with van der Waals surface area (Å²) < 4.78 is 5.65. The van der Waals surface area contributed by atoms with E-state index < -0.39 is 0 Å². The highest BCUT2D eigenvalue weighted by molar-refractivity contribution is 5.74. The van der Waals surface area contributed by atoms with Gasteiger partial charge in [-0.05, 0) is 36.6 Å². The molecule has 2 atom stereocenters. The second-order valence-corrected chi connectivity index (χ2v) is 5.33. The van der Waals surface area contributed by atoms with Crippen molar-refractivity contribution >= 4 is 11.1 Å². The van der Waals surface area contributed by atoms with Gasteiger partial charge in [0.25, 0.3) is 0 Å². The summed E-state index contributed by atoms with van der Waals surface area (Å²) in [6.45, 7) is 4.38. The van der Waals surface area contributed by atoms with Crippen molar-refractivity contribution in [1.29, 1.82) is 0 Å². The van der Waals surface area contributed by atoms with Gasteiger partial charge in [-0.25, -0.2) is 4.98 Å². The van der Waals surface area contributed by atoms with Crippen LogP contribution in [0.3, 0.4) is 0 Å². The molecule has 2 aliphatic rings. The second kappa shape index (κ2) is 3.10. The van der Waals surface area contributed by atoms with Gasteiger partial charge in [0.05, 0.1) is 0 Å². The maximum atomic E-state index is 5.65. The molecule has 2 fully saturated rings. The molecule has 1 aliphatic heterocycles. The molecule has 17 heavy (non-hydrogen) atoms. The average molecular weight is 228 g/mol. The van der Waals surface area contributed by atoms with Gasteiger partial charge in [-0.15, -0.1) is 0 Å². The van der Waals surface area contributed by atoms with Crippen LogP contribution in [-0.4, -0.2) is 18.1 Å². The number of rotatable bonds is 2. The van der Waals surface area contributed by atoms with Crippen molar-refractivity contribution in [2.75, 3.05) is 13.1 Å². The summed E-state index contributed by atoms with van der Waals surface area (Å²) >= 11 is 0. The van der Waals surface area contributed by atoms with E-state index in [0.29, 0.717) is 5.41 Å². The van der Waals surface area contributed by atoms with Crippen molar-refractivity contribution in [3.63, 3.8) is 0 Å². The Morgan fingerprint density at radius 2 is 2.47 bits per heavy atom. The van der Waals surface area contributed by atoms with E-state index in [1.807, 2.05) is 0 Å². The van der Waals surface area contributed by atoms with Crippen molar-refractivity contribution in [2.24, 2.45) is 5.92 Å². The number of benzene rings is 1. The molecule has 1 saturated heterocycles. The zero-order valence-electron chi connectivity index (χ0n) is 9.99. The van der Waals surface area contributed by atoms with Gasteiger partial charge < -0.3 is 9.73 Å². The molecule has 4 rings (SSSR count). The molecule has 0 radical (unpaired) electrons. The predicted molar refractivity (Wildman–Crippen MR) is 66.0 cm³/mol. The Morgan fingerprint density at radius 3 is 3.18 bits per heavy atom. The van der Waals surface area contributed by atoms with E-state index in [9.17, 15) is 0 Å². The Bertz CT molecular complexity index is 589. The quantitative estimate of drug-likeness (QED) is 0.856. The third-order valence-corrected chi connectivity index (χ3v) is 4.37. The lowest BCUT2D eigenvalue weighted by molar-refractivity contribution is 0.538. The van der Waals surface area contributed by atoms with E-state index in [4.69, 9.17) is 4.42 Å². The van der Waals surface area contributed by atoms with Crippen LogP contribution >= 0.6 is 0 Å². The zero-order chi connectivity index (χ0) is 11.5. The van der Waals surface area contributed by atoms with Crippen molar-refractivity contribution in [3.05, 3.63) is 29.7 Å². The normalized spacial score (nSPS) is 30.8. The number of oxazole rings is 1. The molecule has 1 N–H and O–H groups in total. The minimum atomic E-state index is 0.416. The Labute approximate surface area is 100 Å². The molecule has 3 heteroatoms. The summed E-state index contributed by atoms with van der Waals surface area (Å²) in [7, 11) is 0. The highest BCUT2D eigenvalue weighted by Crippen LogP contribution is 2.56. The highest BCUT2D eigenvalue weighted by atomic mass is 16.3. The van der Waals surface area contributed by atoms with Gasteiger partial charge in [0.15, 0.2) is 11.5 Å². The smallest absolute Gasteiger partial charge is 0.195 e. The lowest BCUT2D eigenvalue weighted by Gasteiger charge is -2.11. The predicted octanol–water partition coefficient (Wildman–Crippen LogP) is 2.25. The van der Waals surface area contributed by atoms with Crippen LogP contribution in [0.5, 0.6) is 0 Å². The number of nitrogens with one attached hydrogen (secondary N) is 1. The van der Waals surface area contributed by atoms with E-state index >= 15 is 0 Å². The van der Waals surface area contributed by atoms with Crippen molar-refractivity contribution in [2.45, 2.75) is 25.2 Å². The number of aromatic nitrogens is 1. The molecule has 2 heterocycles. The van der Waals surface area contributed by atoms with Crippen LogP contribution in [0.1, 0.15) is 24.8 Å². The second-order valence-electron chi connectivity index (χ2n) is 5.33. The monoisotopic (exact) mass is 228 g/mol. The molecule has 1 aliphatic carbocycles. The molecule has 0 bridgehead atoms. The molecule has 1 aromatic carbocycles. The number of hydrogen-bond acceptors (Lipinski definition) is 3. The maximum Gasteiger partial charge on any atom is 0.195 e. The zero-order valence-corrected chi connectivity index (χ0v) is 9.99. The number of aryl methyl sites for hydroxylation is 1. The first-order valence-corrected chi connectivity index (χ1v) is 6.42. The Morgan fingerprint density at radius 1 is 1.53 bits per heavy atom. The lowest BCUT2D eigenvalue weighted by atomic mass is 9.95. The van der Waals surface area contributed by atoms with Crippen LogP contribution in [0.2, 0.25) is 0 Å². The highest BCUT2D eigenvalue weighted by Gasteiger charge is 2.58. The van der Waals surface area contributed by atoms with Crippen LogP contribution in [-0.2, 0) is 11.8 Å². The molecule has 1 aromatic heterocycles. The maximum absolute atomic E-state index is 5.65. The number of piperidine rings is 1. The minimum Gasteiger partial charge on any atom is -0.441 e. The van der Waals surface area contributed by atoms with Gasteiger partial charge in [-0.2, -0.15) is 0 Å². The van der Waals surface area contributed by atoms with Gasteiger partial charge in [-0.3, -0.25) is 0 Å². The van der Waals surface area contributed by atoms with E-state index in [-0.39, 0.29) is 0 Å². The largest absolute Gasteiger partial charge is 0.441 e. The van der Waals surface area contributed by atoms with Crippen LogP contribution in [0.25, 0.3) is 11.1 Å².